The number of fused-ring (bicyclic) bond motifs is 2. The fourth-order valence-corrected chi connectivity index (χ4v) is 13.2. The number of hydrogen-bond donors (Lipinski definition) is 0. The highest BCUT2D eigenvalue weighted by atomic mass is 32.1. The third kappa shape index (κ3) is 9.01. The summed E-state index contributed by atoms with van der Waals surface area (Å²) in [6, 6.07) is 18.2. The second-order valence-electron chi connectivity index (χ2n) is 15.6. The lowest BCUT2D eigenvalue weighted by Gasteiger charge is -2.11. The first-order valence-corrected chi connectivity index (χ1v) is 24.3. The van der Waals surface area contributed by atoms with Crippen LogP contribution >= 0.6 is 68.0 Å². The molecule has 0 spiro atoms. The average Bonchev–Trinajstić information content (AvgIpc) is 3.96. The van der Waals surface area contributed by atoms with Gasteiger partial charge in [-0.2, -0.15) is 0 Å². The van der Waals surface area contributed by atoms with Gasteiger partial charge in [-0.15, -0.1) is 68.0 Å². The van der Waals surface area contributed by atoms with E-state index >= 15 is 0 Å². The van der Waals surface area contributed by atoms with Gasteiger partial charge in [0.2, 0.25) is 0 Å². The molecule has 0 saturated heterocycles. The van der Waals surface area contributed by atoms with E-state index in [4.69, 9.17) is 9.97 Å². The molecule has 2 atom stereocenters. The van der Waals surface area contributed by atoms with E-state index in [0.29, 0.717) is 0 Å². The molecule has 0 saturated carbocycles. The van der Waals surface area contributed by atoms with Crippen LogP contribution in [-0.4, -0.2) is 9.97 Å². The highest BCUT2D eigenvalue weighted by molar-refractivity contribution is 7.28. The molecule has 8 heteroatoms. The summed E-state index contributed by atoms with van der Waals surface area (Å²) >= 11 is 11.2. The molecule has 2 unspecified atom stereocenters. The molecule has 0 aliphatic rings. The van der Waals surface area contributed by atoms with Crippen molar-refractivity contribution in [2.24, 2.45) is 23.7 Å². The zero-order valence-electron chi connectivity index (χ0n) is 31.5. The lowest BCUT2D eigenvalue weighted by Crippen LogP contribution is -1.98. The van der Waals surface area contributed by atoms with Gasteiger partial charge in [0, 0.05) is 30.6 Å². The van der Waals surface area contributed by atoms with E-state index in [0.717, 1.165) is 57.6 Å². The molecule has 0 N–H and O–H groups in total. The van der Waals surface area contributed by atoms with Gasteiger partial charge >= 0.3 is 0 Å². The zero-order chi connectivity index (χ0) is 36.2. The van der Waals surface area contributed by atoms with Crippen LogP contribution in [0.15, 0.2) is 59.3 Å². The summed E-state index contributed by atoms with van der Waals surface area (Å²) < 4.78 is 2.52. The number of thiazole rings is 2. The molecule has 7 rings (SSSR count). The number of nitrogens with zero attached hydrogens (tertiary/aromatic N) is 2. The number of rotatable bonds is 18. The van der Waals surface area contributed by atoms with Crippen LogP contribution in [0.3, 0.4) is 0 Å². The lowest BCUT2D eigenvalue weighted by molar-refractivity contribution is 0.437. The highest BCUT2D eigenvalue weighted by Gasteiger charge is 2.26. The van der Waals surface area contributed by atoms with Crippen molar-refractivity contribution in [3.05, 3.63) is 69.0 Å². The van der Waals surface area contributed by atoms with Gasteiger partial charge in [0.15, 0.2) is 0 Å². The fraction of sp³-hybridized carbons (Fsp3) is 0.455. The third-order valence-corrected chi connectivity index (χ3v) is 16.7. The molecule has 52 heavy (non-hydrogen) atoms. The Hall–Kier alpha value is -2.20. The Morgan fingerprint density at radius 1 is 0.481 bits per heavy atom. The first-order chi connectivity index (χ1) is 25.2. The molecular weight excluding hydrogens is 749 g/mol. The van der Waals surface area contributed by atoms with Crippen molar-refractivity contribution in [1.29, 1.82) is 0 Å². The maximum Gasteiger partial charge on any atom is 0.134 e. The van der Waals surface area contributed by atoms with Crippen molar-refractivity contribution in [3.63, 3.8) is 0 Å². The Balaban J connectivity index is 1.21. The summed E-state index contributed by atoms with van der Waals surface area (Å²) in [6.07, 6.45) is 12.9. The number of aromatic nitrogens is 2. The second-order valence-corrected chi connectivity index (χ2v) is 21.8. The summed E-state index contributed by atoms with van der Waals surface area (Å²) in [7, 11) is 0. The van der Waals surface area contributed by atoms with E-state index in [-0.39, 0.29) is 0 Å². The molecule has 6 heterocycles. The average molecular weight is 801 g/mol. The highest BCUT2D eigenvalue weighted by Crippen LogP contribution is 2.52. The van der Waals surface area contributed by atoms with Crippen LogP contribution in [-0.2, 0) is 12.8 Å². The molecule has 1 aromatic carbocycles. The van der Waals surface area contributed by atoms with Gasteiger partial charge in [0.1, 0.15) is 10.0 Å². The van der Waals surface area contributed by atoms with E-state index in [1.165, 1.54) is 101 Å². The van der Waals surface area contributed by atoms with Gasteiger partial charge in [-0.1, -0.05) is 92.2 Å². The first-order valence-electron chi connectivity index (χ1n) is 19.3. The Kier molecular flexibility index (Phi) is 12.8. The van der Waals surface area contributed by atoms with Crippen molar-refractivity contribution in [2.45, 2.75) is 106 Å². The largest absolute Gasteiger partial charge is 0.234 e. The lowest BCUT2D eigenvalue weighted by atomic mass is 9.96. The number of thiophene rings is 4. The minimum atomic E-state index is 0.771. The number of hydrogen-bond acceptors (Lipinski definition) is 8. The van der Waals surface area contributed by atoms with Crippen LogP contribution in [0.5, 0.6) is 0 Å². The van der Waals surface area contributed by atoms with Crippen LogP contribution in [0.4, 0.5) is 0 Å². The molecule has 0 aliphatic heterocycles. The molecular formula is C44H52N2S6. The van der Waals surface area contributed by atoms with Crippen LogP contribution in [0.1, 0.15) is 103 Å². The number of benzene rings is 1. The van der Waals surface area contributed by atoms with Crippen molar-refractivity contribution in [1.82, 2.24) is 9.97 Å². The topological polar surface area (TPSA) is 25.8 Å². The van der Waals surface area contributed by atoms with Gasteiger partial charge in [0.05, 0.1) is 30.2 Å². The zero-order valence-corrected chi connectivity index (χ0v) is 36.4. The minimum absolute atomic E-state index is 0.771. The molecule has 0 amide bonds. The van der Waals surface area contributed by atoms with E-state index in [1.54, 1.807) is 0 Å². The molecule has 6 aromatic heterocycles. The maximum atomic E-state index is 5.50. The molecule has 0 radical (unpaired) electrons. The van der Waals surface area contributed by atoms with Crippen molar-refractivity contribution < 1.29 is 0 Å². The third-order valence-electron chi connectivity index (χ3n) is 10.2. The van der Waals surface area contributed by atoms with Gasteiger partial charge in [-0.3, -0.25) is 0 Å². The van der Waals surface area contributed by atoms with Crippen LogP contribution < -0.4 is 0 Å². The van der Waals surface area contributed by atoms with Crippen molar-refractivity contribution in [2.75, 3.05) is 0 Å². The van der Waals surface area contributed by atoms with Gasteiger partial charge in [-0.25, -0.2) is 9.97 Å². The van der Waals surface area contributed by atoms with Gasteiger partial charge in [-0.05, 0) is 96.5 Å². The Labute approximate surface area is 335 Å². The molecule has 0 fully saturated rings. The van der Waals surface area contributed by atoms with Crippen LogP contribution in [0.2, 0.25) is 0 Å². The first kappa shape index (κ1) is 38.1. The van der Waals surface area contributed by atoms with E-state index in [2.05, 4.69) is 101 Å². The molecule has 0 aliphatic carbocycles. The predicted molar refractivity (Wildman–Crippen MR) is 238 cm³/mol. The quantitative estimate of drug-likeness (QED) is 0.0864. The SMILES string of the molecule is CC(C)CCCC(C)CCc1ccc(-c2nc3c(-c4cccs4)c4sc(-c5ccc(CCC(C)CCCC(C)C)s5)nc4c(-c4cccs4)c3s2)s1. The summed E-state index contributed by atoms with van der Waals surface area (Å²) in [5.41, 5.74) is 4.76. The van der Waals surface area contributed by atoms with Crippen LogP contribution in [0.25, 0.3) is 61.1 Å². The maximum absolute atomic E-state index is 5.50. The monoisotopic (exact) mass is 800 g/mol. The minimum Gasteiger partial charge on any atom is -0.234 e. The van der Waals surface area contributed by atoms with Gasteiger partial charge < -0.3 is 0 Å². The predicted octanol–water partition coefficient (Wildman–Crippen LogP) is 16.6. The fourth-order valence-electron chi connectivity index (χ4n) is 7.11. The van der Waals surface area contributed by atoms with Crippen molar-refractivity contribution in [3.8, 4) is 40.7 Å². The molecule has 274 valence electrons. The van der Waals surface area contributed by atoms with E-state index in [9.17, 15) is 0 Å². The standard InChI is InChI=1S/C44H52N2S6/c1-27(2)11-7-13-29(5)17-19-31-21-23-35(49-31)43-45-39-37(33-15-9-25-47-33)42-40(38(41(39)51-43)34-16-10-26-48-34)46-44(52-42)36-24-22-32(50-36)20-18-30(6)14-8-12-28(3)4/h9-10,15-16,21-30H,7-8,11-14,17-20H2,1-6H3. The summed E-state index contributed by atoms with van der Waals surface area (Å²) in [5, 5.41) is 6.65. The van der Waals surface area contributed by atoms with Crippen molar-refractivity contribution >= 4 is 88.5 Å². The Bertz CT molecular complexity index is 1950. The van der Waals surface area contributed by atoms with E-state index in [1.807, 2.05) is 68.0 Å². The van der Waals surface area contributed by atoms with Gasteiger partial charge in [0.25, 0.3) is 0 Å². The molecule has 0 bridgehead atoms. The van der Waals surface area contributed by atoms with E-state index < -0.39 is 0 Å². The van der Waals surface area contributed by atoms with Crippen LogP contribution in [0, 0.1) is 23.7 Å². The summed E-state index contributed by atoms with van der Waals surface area (Å²) in [6.45, 7) is 14.2. The number of aryl methyl sites for hydroxylation is 2. The molecule has 2 nitrogen and oxygen atoms in total. The normalized spacial score (nSPS) is 13.4. The smallest absolute Gasteiger partial charge is 0.134 e. The second kappa shape index (κ2) is 17.5. The summed E-state index contributed by atoms with van der Waals surface area (Å²) in [4.78, 5) is 19.1. The molecule has 7 aromatic rings. The summed E-state index contributed by atoms with van der Waals surface area (Å²) in [5.74, 6) is 3.15. The Morgan fingerprint density at radius 3 is 1.31 bits per heavy atom. The Morgan fingerprint density at radius 2 is 0.923 bits per heavy atom.